The van der Waals surface area contributed by atoms with Crippen molar-refractivity contribution in [2.75, 3.05) is 33.0 Å². The molecule has 2 aliphatic heterocycles. The largest absolute Gasteiger partial charge is 0.381 e. The first-order chi connectivity index (χ1) is 12.8. The summed E-state index contributed by atoms with van der Waals surface area (Å²) in [6.45, 7) is 8.22. The maximum absolute atomic E-state index is 6.01. The highest BCUT2D eigenvalue weighted by atomic mass is 16.5. The lowest BCUT2D eigenvalue weighted by Gasteiger charge is -2.34. The summed E-state index contributed by atoms with van der Waals surface area (Å²) in [7, 11) is 0. The highest BCUT2D eigenvalue weighted by Crippen LogP contribution is 2.26. The van der Waals surface area contributed by atoms with E-state index in [1.165, 1.54) is 5.69 Å². The van der Waals surface area contributed by atoms with Crippen LogP contribution in [0.1, 0.15) is 42.5 Å². The molecule has 4 rings (SSSR count). The van der Waals surface area contributed by atoms with Gasteiger partial charge in [0.15, 0.2) is 0 Å². The van der Waals surface area contributed by atoms with Crippen LogP contribution >= 0.6 is 0 Å². The minimum Gasteiger partial charge on any atom is -0.381 e. The first kappa shape index (κ1) is 17.8. The summed E-state index contributed by atoms with van der Waals surface area (Å²) in [5.74, 6) is 1.54. The van der Waals surface area contributed by atoms with E-state index in [0.717, 1.165) is 76.8 Å². The molecule has 4 heterocycles. The Labute approximate surface area is 155 Å². The quantitative estimate of drug-likeness (QED) is 0.711. The smallest absolute Gasteiger partial charge is 0.133 e. The molecule has 1 atom stereocenters. The Balaban J connectivity index is 1.29. The molecule has 0 N–H and O–H groups in total. The van der Waals surface area contributed by atoms with E-state index in [4.69, 9.17) is 14.0 Å². The van der Waals surface area contributed by atoms with Crippen molar-refractivity contribution in [1.29, 1.82) is 0 Å². The summed E-state index contributed by atoms with van der Waals surface area (Å²) in [6, 6.07) is 6.85. The lowest BCUT2D eigenvalue weighted by Crippen LogP contribution is -2.37. The first-order valence-corrected chi connectivity index (χ1v) is 9.73. The van der Waals surface area contributed by atoms with E-state index in [-0.39, 0.29) is 0 Å². The number of fused-ring (bicyclic) bond motifs is 1. The Morgan fingerprint density at radius 3 is 3.00 bits per heavy atom. The fourth-order valence-corrected chi connectivity index (χ4v) is 4.05. The van der Waals surface area contributed by atoms with E-state index in [0.29, 0.717) is 12.0 Å². The van der Waals surface area contributed by atoms with Gasteiger partial charge in [-0.25, -0.2) is 0 Å². The van der Waals surface area contributed by atoms with Crippen molar-refractivity contribution in [2.45, 2.75) is 45.3 Å². The number of aromatic nitrogens is 2. The molecule has 0 radical (unpaired) electrons. The van der Waals surface area contributed by atoms with Gasteiger partial charge in [0.25, 0.3) is 0 Å². The van der Waals surface area contributed by atoms with Crippen LogP contribution in [0, 0.1) is 12.8 Å². The summed E-state index contributed by atoms with van der Waals surface area (Å²) in [5, 5.41) is 4.15. The van der Waals surface area contributed by atoms with Gasteiger partial charge in [0.2, 0.25) is 0 Å². The predicted octanol–water partition coefficient (Wildman–Crippen LogP) is 3.17. The molecular formula is C20H29N3O3. The number of ether oxygens (including phenoxy) is 2. The molecule has 2 aromatic heterocycles. The van der Waals surface area contributed by atoms with Gasteiger partial charge in [-0.3, -0.25) is 4.90 Å². The molecule has 1 unspecified atom stereocenters. The van der Waals surface area contributed by atoms with Crippen LogP contribution in [-0.2, 0) is 22.6 Å². The fourth-order valence-electron chi connectivity index (χ4n) is 4.05. The molecule has 142 valence electrons. The maximum atomic E-state index is 6.01. The average molecular weight is 359 g/mol. The van der Waals surface area contributed by atoms with Crippen LogP contribution in [0.25, 0.3) is 0 Å². The summed E-state index contributed by atoms with van der Waals surface area (Å²) >= 11 is 0. The third-order valence-corrected chi connectivity index (χ3v) is 5.47. The lowest BCUT2D eigenvalue weighted by atomic mass is 10.0. The molecule has 0 aromatic carbocycles. The number of hydrogen-bond donors (Lipinski definition) is 0. The topological polar surface area (TPSA) is 52.7 Å². The summed E-state index contributed by atoms with van der Waals surface area (Å²) in [5.41, 5.74) is 2.38. The van der Waals surface area contributed by atoms with Crippen molar-refractivity contribution in [3.05, 3.63) is 41.5 Å². The molecule has 1 saturated heterocycles. The van der Waals surface area contributed by atoms with Crippen molar-refractivity contribution in [3.63, 3.8) is 0 Å². The van der Waals surface area contributed by atoms with Gasteiger partial charge in [-0.15, -0.1) is 0 Å². The van der Waals surface area contributed by atoms with Crippen LogP contribution in [0.4, 0.5) is 0 Å². The summed E-state index contributed by atoms with van der Waals surface area (Å²) in [6.07, 6.45) is 5.52. The minimum atomic E-state index is 0.455. The molecule has 1 fully saturated rings. The minimum absolute atomic E-state index is 0.455. The van der Waals surface area contributed by atoms with Crippen LogP contribution in [0.5, 0.6) is 0 Å². The zero-order chi connectivity index (χ0) is 17.8. The molecule has 2 aliphatic rings. The molecule has 2 aromatic rings. The standard InChI is InChI=1S/C20H29N3O3/c1-16-11-18(21-26-16)12-22-13-19-3-2-7-23(19)20(14-22)6-10-25-15-17-4-8-24-9-5-17/h2-3,7,11,17,20H,4-6,8-10,12-15H2,1H3. The van der Waals surface area contributed by atoms with E-state index in [2.05, 4.69) is 33.0 Å². The molecule has 6 heteroatoms. The van der Waals surface area contributed by atoms with Crippen molar-refractivity contribution in [1.82, 2.24) is 14.6 Å². The highest BCUT2D eigenvalue weighted by molar-refractivity contribution is 5.12. The Morgan fingerprint density at radius 2 is 2.19 bits per heavy atom. The van der Waals surface area contributed by atoms with Gasteiger partial charge in [0, 0.05) is 70.1 Å². The highest BCUT2D eigenvalue weighted by Gasteiger charge is 2.25. The van der Waals surface area contributed by atoms with Gasteiger partial charge < -0.3 is 18.6 Å². The van der Waals surface area contributed by atoms with Gasteiger partial charge in [-0.1, -0.05) is 5.16 Å². The summed E-state index contributed by atoms with van der Waals surface area (Å²) < 4.78 is 19.1. The monoisotopic (exact) mass is 359 g/mol. The van der Waals surface area contributed by atoms with E-state index < -0.39 is 0 Å². The number of nitrogens with zero attached hydrogens (tertiary/aromatic N) is 3. The normalized spacial score (nSPS) is 21.8. The van der Waals surface area contributed by atoms with Gasteiger partial charge >= 0.3 is 0 Å². The maximum Gasteiger partial charge on any atom is 0.133 e. The van der Waals surface area contributed by atoms with Gasteiger partial charge in [0.1, 0.15) is 5.76 Å². The van der Waals surface area contributed by atoms with E-state index in [9.17, 15) is 0 Å². The van der Waals surface area contributed by atoms with Crippen molar-refractivity contribution in [2.24, 2.45) is 5.92 Å². The zero-order valence-electron chi connectivity index (χ0n) is 15.6. The average Bonchev–Trinajstić information content (AvgIpc) is 3.28. The molecule has 0 amide bonds. The van der Waals surface area contributed by atoms with Crippen molar-refractivity contribution in [3.8, 4) is 0 Å². The number of aryl methyl sites for hydroxylation is 1. The zero-order valence-corrected chi connectivity index (χ0v) is 15.6. The summed E-state index contributed by atoms with van der Waals surface area (Å²) in [4.78, 5) is 2.45. The van der Waals surface area contributed by atoms with E-state index in [1.54, 1.807) is 0 Å². The van der Waals surface area contributed by atoms with Crippen molar-refractivity contribution >= 4 is 0 Å². The van der Waals surface area contributed by atoms with Crippen LogP contribution in [0.2, 0.25) is 0 Å². The van der Waals surface area contributed by atoms with Crippen LogP contribution in [-0.4, -0.2) is 47.6 Å². The Morgan fingerprint density at radius 1 is 1.31 bits per heavy atom. The fraction of sp³-hybridized carbons (Fsp3) is 0.650. The van der Waals surface area contributed by atoms with Gasteiger partial charge in [-0.05, 0) is 44.2 Å². The number of hydrogen-bond acceptors (Lipinski definition) is 5. The van der Waals surface area contributed by atoms with E-state index in [1.807, 2.05) is 13.0 Å². The van der Waals surface area contributed by atoms with Crippen LogP contribution < -0.4 is 0 Å². The second kappa shape index (κ2) is 8.37. The predicted molar refractivity (Wildman–Crippen MR) is 97.8 cm³/mol. The molecular weight excluding hydrogens is 330 g/mol. The molecule has 26 heavy (non-hydrogen) atoms. The van der Waals surface area contributed by atoms with Crippen molar-refractivity contribution < 1.29 is 14.0 Å². The first-order valence-electron chi connectivity index (χ1n) is 9.73. The lowest BCUT2D eigenvalue weighted by molar-refractivity contribution is 0.0160. The molecule has 0 spiro atoms. The number of rotatable bonds is 7. The Kier molecular flexibility index (Phi) is 5.72. The molecule has 0 bridgehead atoms. The molecule has 0 aliphatic carbocycles. The molecule has 0 saturated carbocycles. The Bertz CT molecular complexity index is 690. The second-order valence-corrected chi connectivity index (χ2v) is 7.58. The third-order valence-electron chi connectivity index (χ3n) is 5.47. The second-order valence-electron chi connectivity index (χ2n) is 7.58. The third kappa shape index (κ3) is 4.37. The van der Waals surface area contributed by atoms with Crippen LogP contribution in [0.15, 0.2) is 28.9 Å². The van der Waals surface area contributed by atoms with Gasteiger partial charge in [-0.2, -0.15) is 0 Å². The van der Waals surface area contributed by atoms with Crippen LogP contribution in [0.3, 0.4) is 0 Å². The Hall–Kier alpha value is -1.63. The molecule has 6 nitrogen and oxygen atoms in total. The van der Waals surface area contributed by atoms with Gasteiger partial charge in [0.05, 0.1) is 5.69 Å². The van der Waals surface area contributed by atoms with E-state index >= 15 is 0 Å². The SMILES string of the molecule is Cc1cc(CN2Cc3cccn3C(CCOCC3CCOCC3)C2)no1.